The molecule has 0 atom stereocenters. The number of hydrogen-bond acceptors (Lipinski definition) is 2. The largest absolute Gasteiger partial charge is 0.478 e. The minimum absolute atomic E-state index is 0.291. The normalized spacial score (nSPS) is 10.4. The van der Waals surface area contributed by atoms with Crippen molar-refractivity contribution in [1.29, 1.82) is 0 Å². The Morgan fingerprint density at radius 1 is 1.05 bits per heavy atom. The molecular weight excluding hydrogens is 303 g/mol. The van der Waals surface area contributed by atoms with Crippen LogP contribution in [0.1, 0.15) is 15.9 Å². The summed E-state index contributed by atoms with van der Waals surface area (Å²) in [6.07, 6.45) is 0. The number of thioether (sulfide) groups is 1. The average molecular weight is 313 g/mol. The maximum atomic E-state index is 10.7. The van der Waals surface area contributed by atoms with Gasteiger partial charge in [0.2, 0.25) is 0 Å². The fourth-order valence-electron chi connectivity index (χ4n) is 1.49. The van der Waals surface area contributed by atoms with E-state index >= 15 is 0 Å². The number of carboxylic acids is 1. The van der Waals surface area contributed by atoms with Crippen LogP contribution < -0.4 is 0 Å². The Labute approximate surface area is 125 Å². The summed E-state index contributed by atoms with van der Waals surface area (Å²) in [4.78, 5) is 11.7. The Hall–Kier alpha value is -1.16. The first-order valence-corrected chi connectivity index (χ1v) is 7.20. The molecule has 0 unspecified atom stereocenters. The van der Waals surface area contributed by atoms with Crippen molar-refractivity contribution in [2.45, 2.75) is 10.6 Å². The maximum absolute atomic E-state index is 10.7. The van der Waals surface area contributed by atoms with Gasteiger partial charge in [-0.2, -0.15) is 0 Å². The second kappa shape index (κ2) is 6.33. The van der Waals surface area contributed by atoms with E-state index in [1.807, 2.05) is 12.1 Å². The van der Waals surface area contributed by atoms with Gasteiger partial charge in [-0.1, -0.05) is 29.3 Å². The van der Waals surface area contributed by atoms with Crippen molar-refractivity contribution < 1.29 is 9.90 Å². The van der Waals surface area contributed by atoms with Crippen LogP contribution in [0.25, 0.3) is 0 Å². The van der Waals surface area contributed by atoms with Gasteiger partial charge in [-0.3, -0.25) is 0 Å². The van der Waals surface area contributed by atoms with Crippen molar-refractivity contribution >= 4 is 40.9 Å². The minimum Gasteiger partial charge on any atom is -0.478 e. The fourth-order valence-corrected chi connectivity index (χ4v) is 2.65. The molecule has 2 nitrogen and oxygen atoms in total. The van der Waals surface area contributed by atoms with E-state index in [0.29, 0.717) is 15.6 Å². The average Bonchev–Trinajstić information content (AvgIpc) is 2.40. The van der Waals surface area contributed by atoms with Crippen molar-refractivity contribution in [3.63, 3.8) is 0 Å². The SMILES string of the molecule is O=C(O)c1ccc(SCc2ccc(Cl)c(Cl)c2)cc1. The Morgan fingerprint density at radius 3 is 2.32 bits per heavy atom. The molecule has 0 heterocycles. The highest BCUT2D eigenvalue weighted by Gasteiger charge is 2.03. The van der Waals surface area contributed by atoms with Gasteiger partial charge < -0.3 is 5.11 Å². The topological polar surface area (TPSA) is 37.3 Å². The standard InChI is InChI=1S/C14H10Cl2O2S/c15-12-6-1-9(7-13(12)16)8-19-11-4-2-10(3-5-11)14(17)18/h1-7H,8H2,(H,17,18). The van der Waals surface area contributed by atoms with Crippen LogP contribution in [0.15, 0.2) is 47.4 Å². The molecule has 0 amide bonds. The summed E-state index contributed by atoms with van der Waals surface area (Å²) in [7, 11) is 0. The summed E-state index contributed by atoms with van der Waals surface area (Å²) in [5, 5.41) is 9.89. The van der Waals surface area contributed by atoms with Crippen LogP contribution in [0.3, 0.4) is 0 Å². The lowest BCUT2D eigenvalue weighted by Crippen LogP contribution is -1.94. The van der Waals surface area contributed by atoms with Crippen LogP contribution in [-0.4, -0.2) is 11.1 Å². The van der Waals surface area contributed by atoms with E-state index in [2.05, 4.69) is 0 Å². The fraction of sp³-hybridized carbons (Fsp3) is 0.0714. The molecule has 0 aromatic heterocycles. The second-order valence-electron chi connectivity index (χ2n) is 3.87. The highest BCUT2D eigenvalue weighted by Crippen LogP contribution is 2.27. The van der Waals surface area contributed by atoms with E-state index in [9.17, 15) is 4.79 Å². The van der Waals surface area contributed by atoms with Crippen molar-refractivity contribution in [3.05, 3.63) is 63.6 Å². The molecule has 19 heavy (non-hydrogen) atoms. The summed E-state index contributed by atoms with van der Waals surface area (Å²) < 4.78 is 0. The monoisotopic (exact) mass is 312 g/mol. The smallest absolute Gasteiger partial charge is 0.335 e. The number of aromatic carboxylic acids is 1. The number of halogens is 2. The second-order valence-corrected chi connectivity index (χ2v) is 5.73. The molecule has 2 rings (SSSR count). The molecule has 0 fully saturated rings. The molecule has 1 N–H and O–H groups in total. The van der Waals surface area contributed by atoms with Crippen LogP contribution in [0.2, 0.25) is 10.0 Å². The first-order chi connectivity index (χ1) is 9.06. The van der Waals surface area contributed by atoms with Crippen LogP contribution in [-0.2, 0) is 5.75 Å². The van der Waals surface area contributed by atoms with Gasteiger partial charge in [0.25, 0.3) is 0 Å². The maximum Gasteiger partial charge on any atom is 0.335 e. The molecule has 0 spiro atoms. The predicted molar refractivity (Wildman–Crippen MR) is 79.4 cm³/mol. The molecule has 0 bridgehead atoms. The van der Waals surface area contributed by atoms with Crippen molar-refractivity contribution in [1.82, 2.24) is 0 Å². The Bertz CT molecular complexity index is 597. The van der Waals surface area contributed by atoms with Gasteiger partial charge in [-0.25, -0.2) is 4.79 Å². The van der Waals surface area contributed by atoms with Crippen LogP contribution in [0, 0.1) is 0 Å². The van der Waals surface area contributed by atoms with E-state index in [0.717, 1.165) is 16.2 Å². The summed E-state index contributed by atoms with van der Waals surface area (Å²) in [5.41, 5.74) is 1.36. The highest BCUT2D eigenvalue weighted by molar-refractivity contribution is 7.98. The lowest BCUT2D eigenvalue weighted by atomic mass is 10.2. The number of benzene rings is 2. The zero-order valence-corrected chi connectivity index (χ0v) is 12.1. The van der Waals surface area contributed by atoms with Gasteiger partial charge in [0.05, 0.1) is 15.6 Å². The van der Waals surface area contributed by atoms with Gasteiger partial charge in [-0.05, 0) is 42.0 Å². The summed E-state index contributed by atoms with van der Waals surface area (Å²) in [6, 6.07) is 12.3. The number of rotatable bonds is 4. The van der Waals surface area contributed by atoms with Crippen LogP contribution >= 0.6 is 35.0 Å². The molecule has 0 saturated heterocycles. The van der Waals surface area contributed by atoms with Crippen molar-refractivity contribution in [2.75, 3.05) is 0 Å². The Kier molecular flexibility index (Phi) is 4.75. The van der Waals surface area contributed by atoms with E-state index < -0.39 is 5.97 Å². The molecule has 2 aromatic rings. The summed E-state index contributed by atoms with van der Waals surface area (Å²) in [5.74, 6) is -0.162. The molecule has 0 aliphatic carbocycles. The molecule has 98 valence electrons. The first kappa shape index (κ1) is 14.3. The first-order valence-electron chi connectivity index (χ1n) is 5.46. The summed E-state index contributed by atoms with van der Waals surface area (Å²) in [6.45, 7) is 0. The van der Waals surface area contributed by atoms with E-state index in [4.69, 9.17) is 28.3 Å². The molecule has 0 saturated carbocycles. The number of hydrogen-bond donors (Lipinski definition) is 1. The van der Waals surface area contributed by atoms with E-state index in [1.54, 1.807) is 42.1 Å². The van der Waals surface area contributed by atoms with Crippen molar-refractivity contribution in [2.24, 2.45) is 0 Å². The highest BCUT2D eigenvalue weighted by atomic mass is 35.5. The molecule has 0 aliphatic rings. The summed E-state index contributed by atoms with van der Waals surface area (Å²) >= 11 is 13.4. The number of carboxylic acid groups (broad SMARTS) is 1. The Morgan fingerprint density at radius 2 is 1.74 bits per heavy atom. The molecule has 5 heteroatoms. The molecular formula is C14H10Cl2O2S. The lowest BCUT2D eigenvalue weighted by molar-refractivity contribution is 0.0697. The molecule has 0 radical (unpaired) electrons. The van der Waals surface area contributed by atoms with Gasteiger partial charge in [-0.15, -0.1) is 11.8 Å². The van der Waals surface area contributed by atoms with Crippen LogP contribution in [0.5, 0.6) is 0 Å². The molecule has 2 aromatic carbocycles. The van der Waals surface area contributed by atoms with Crippen LogP contribution in [0.4, 0.5) is 0 Å². The third-order valence-electron chi connectivity index (χ3n) is 2.49. The Balaban J connectivity index is 2.01. The van der Waals surface area contributed by atoms with Gasteiger partial charge >= 0.3 is 5.97 Å². The van der Waals surface area contributed by atoms with Gasteiger partial charge in [0.1, 0.15) is 0 Å². The zero-order chi connectivity index (χ0) is 13.8. The van der Waals surface area contributed by atoms with Gasteiger partial charge in [0.15, 0.2) is 0 Å². The minimum atomic E-state index is -0.916. The van der Waals surface area contributed by atoms with Crippen molar-refractivity contribution in [3.8, 4) is 0 Å². The third-order valence-corrected chi connectivity index (χ3v) is 4.31. The predicted octanol–water partition coefficient (Wildman–Crippen LogP) is 4.98. The molecule has 0 aliphatic heterocycles. The van der Waals surface area contributed by atoms with Gasteiger partial charge in [0, 0.05) is 10.6 Å². The number of carbonyl (C=O) groups is 1. The van der Waals surface area contributed by atoms with E-state index in [1.165, 1.54) is 0 Å². The lowest BCUT2D eigenvalue weighted by Gasteiger charge is -2.04. The quantitative estimate of drug-likeness (QED) is 0.809. The zero-order valence-electron chi connectivity index (χ0n) is 9.77. The van der Waals surface area contributed by atoms with E-state index in [-0.39, 0.29) is 0 Å². The third kappa shape index (κ3) is 3.90.